The molecule has 1 aliphatic rings. The molecular weight excluding hydrogens is 233 g/mol. The summed E-state index contributed by atoms with van der Waals surface area (Å²) in [4.78, 5) is 23.5. The van der Waals surface area contributed by atoms with Crippen LogP contribution in [0.4, 0.5) is 4.39 Å². The molecule has 0 aromatic heterocycles. The van der Waals surface area contributed by atoms with E-state index in [0.717, 1.165) is 25.7 Å². The van der Waals surface area contributed by atoms with Crippen LogP contribution >= 0.6 is 0 Å². The van der Waals surface area contributed by atoms with Gasteiger partial charge in [-0.2, -0.15) is 0 Å². The van der Waals surface area contributed by atoms with Crippen molar-refractivity contribution in [3.05, 3.63) is 35.6 Å². The Morgan fingerprint density at radius 1 is 1.17 bits per heavy atom. The highest BCUT2D eigenvalue weighted by molar-refractivity contribution is 5.99. The topological polar surface area (TPSA) is 46.2 Å². The summed E-state index contributed by atoms with van der Waals surface area (Å²) >= 11 is 0. The maximum atomic E-state index is 12.7. The van der Waals surface area contributed by atoms with Gasteiger partial charge in [-0.15, -0.1) is 0 Å². The number of rotatable bonds is 4. The van der Waals surface area contributed by atoms with Crippen molar-refractivity contribution in [1.82, 2.24) is 5.32 Å². The maximum Gasteiger partial charge on any atom is 0.223 e. The second-order valence-corrected chi connectivity index (χ2v) is 4.63. The largest absolute Gasteiger partial charge is 0.348 e. The molecule has 0 atom stereocenters. The van der Waals surface area contributed by atoms with Crippen molar-refractivity contribution in [2.45, 2.75) is 25.7 Å². The fraction of sp³-hybridized carbons (Fsp3) is 0.429. The van der Waals surface area contributed by atoms with Crippen LogP contribution in [0.15, 0.2) is 24.3 Å². The number of nitrogens with one attached hydrogen (secondary N) is 1. The van der Waals surface area contributed by atoms with Crippen LogP contribution in [-0.4, -0.2) is 18.2 Å². The van der Waals surface area contributed by atoms with Gasteiger partial charge in [0.05, 0.1) is 6.54 Å². The Balaban J connectivity index is 1.84. The third-order valence-electron chi connectivity index (χ3n) is 3.32. The Kier molecular flexibility index (Phi) is 4.07. The molecule has 0 bridgehead atoms. The molecule has 3 nitrogen and oxygen atoms in total. The molecule has 0 radical (unpaired) electrons. The molecule has 0 unspecified atom stereocenters. The summed E-state index contributed by atoms with van der Waals surface area (Å²) in [5.74, 6) is -0.545. The van der Waals surface area contributed by atoms with E-state index in [4.69, 9.17) is 0 Å². The number of amides is 1. The minimum atomic E-state index is -0.374. The summed E-state index contributed by atoms with van der Waals surface area (Å²) in [7, 11) is 0. The van der Waals surface area contributed by atoms with E-state index in [0.29, 0.717) is 5.56 Å². The first-order valence-corrected chi connectivity index (χ1v) is 6.23. The van der Waals surface area contributed by atoms with E-state index in [-0.39, 0.29) is 30.0 Å². The molecule has 96 valence electrons. The first-order chi connectivity index (χ1) is 8.66. The van der Waals surface area contributed by atoms with Gasteiger partial charge in [0.25, 0.3) is 0 Å². The number of ketones is 1. The summed E-state index contributed by atoms with van der Waals surface area (Å²) in [6, 6.07) is 5.34. The summed E-state index contributed by atoms with van der Waals surface area (Å²) in [5, 5.41) is 2.66. The van der Waals surface area contributed by atoms with Gasteiger partial charge < -0.3 is 5.32 Å². The van der Waals surface area contributed by atoms with E-state index in [2.05, 4.69) is 5.32 Å². The number of Topliss-reactive ketones (excluding diaryl/α,β-unsaturated/α-hetero) is 1. The van der Waals surface area contributed by atoms with Crippen LogP contribution in [0.2, 0.25) is 0 Å². The zero-order valence-electron chi connectivity index (χ0n) is 10.1. The van der Waals surface area contributed by atoms with E-state index in [1.807, 2.05) is 0 Å². The average Bonchev–Trinajstić information content (AvgIpc) is 2.90. The molecule has 0 spiro atoms. The average molecular weight is 249 g/mol. The van der Waals surface area contributed by atoms with Crippen LogP contribution in [-0.2, 0) is 4.79 Å². The van der Waals surface area contributed by atoms with E-state index in [1.54, 1.807) is 0 Å². The lowest BCUT2D eigenvalue weighted by Crippen LogP contribution is -2.33. The van der Waals surface area contributed by atoms with Crippen LogP contribution in [0.25, 0.3) is 0 Å². The van der Waals surface area contributed by atoms with Gasteiger partial charge in [-0.25, -0.2) is 4.39 Å². The van der Waals surface area contributed by atoms with Crippen molar-refractivity contribution in [3.8, 4) is 0 Å². The maximum absolute atomic E-state index is 12.7. The van der Waals surface area contributed by atoms with Crippen LogP contribution in [0.3, 0.4) is 0 Å². The molecule has 0 aliphatic heterocycles. The van der Waals surface area contributed by atoms with Crippen molar-refractivity contribution in [2.75, 3.05) is 6.54 Å². The molecule has 1 aliphatic carbocycles. The summed E-state index contributed by atoms with van der Waals surface area (Å²) < 4.78 is 12.7. The highest BCUT2D eigenvalue weighted by Crippen LogP contribution is 2.24. The molecule has 2 rings (SSSR count). The van der Waals surface area contributed by atoms with Gasteiger partial charge in [0, 0.05) is 11.5 Å². The number of hydrogen-bond donors (Lipinski definition) is 1. The van der Waals surface area contributed by atoms with Crippen molar-refractivity contribution in [1.29, 1.82) is 0 Å². The smallest absolute Gasteiger partial charge is 0.223 e. The first-order valence-electron chi connectivity index (χ1n) is 6.23. The summed E-state index contributed by atoms with van der Waals surface area (Å²) in [6.07, 6.45) is 4.00. The van der Waals surface area contributed by atoms with E-state index >= 15 is 0 Å². The van der Waals surface area contributed by atoms with Crippen LogP contribution in [0.5, 0.6) is 0 Å². The molecule has 18 heavy (non-hydrogen) atoms. The molecule has 0 heterocycles. The molecular formula is C14H16FNO2. The first kappa shape index (κ1) is 12.7. The molecule has 1 fully saturated rings. The van der Waals surface area contributed by atoms with Gasteiger partial charge in [0.1, 0.15) is 5.82 Å². The Labute approximate surface area is 105 Å². The third-order valence-corrected chi connectivity index (χ3v) is 3.32. The lowest BCUT2D eigenvalue weighted by Gasteiger charge is -2.09. The van der Waals surface area contributed by atoms with Crippen LogP contribution in [0.1, 0.15) is 36.0 Å². The second kappa shape index (κ2) is 5.76. The molecule has 0 saturated heterocycles. The number of halogens is 1. The third kappa shape index (κ3) is 3.15. The van der Waals surface area contributed by atoms with E-state index in [9.17, 15) is 14.0 Å². The predicted molar refractivity (Wildman–Crippen MR) is 65.7 cm³/mol. The molecule has 1 aromatic rings. The lowest BCUT2D eigenvalue weighted by atomic mass is 10.1. The van der Waals surface area contributed by atoms with Crippen LogP contribution < -0.4 is 5.32 Å². The zero-order valence-corrected chi connectivity index (χ0v) is 10.1. The Hall–Kier alpha value is -1.71. The zero-order chi connectivity index (χ0) is 13.0. The van der Waals surface area contributed by atoms with Crippen molar-refractivity contribution in [3.63, 3.8) is 0 Å². The monoisotopic (exact) mass is 249 g/mol. The quantitative estimate of drug-likeness (QED) is 0.832. The Morgan fingerprint density at radius 2 is 1.78 bits per heavy atom. The fourth-order valence-electron chi connectivity index (χ4n) is 2.24. The van der Waals surface area contributed by atoms with Gasteiger partial charge in [-0.1, -0.05) is 12.8 Å². The molecule has 4 heteroatoms. The second-order valence-electron chi connectivity index (χ2n) is 4.63. The summed E-state index contributed by atoms with van der Waals surface area (Å²) in [5.41, 5.74) is 0.420. The normalized spacial score (nSPS) is 15.6. The van der Waals surface area contributed by atoms with Crippen molar-refractivity contribution in [2.24, 2.45) is 5.92 Å². The van der Waals surface area contributed by atoms with E-state index in [1.165, 1.54) is 24.3 Å². The van der Waals surface area contributed by atoms with Crippen molar-refractivity contribution < 1.29 is 14.0 Å². The molecule has 1 N–H and O–H groups in total. The highest BCUT2D eigenvalue weighted by Gasteiger charge is 2.22. The lowest BCUT2D eigenvalue weighted by molar-refractivity contribution is -0.124. The Bertz CT molecular complexity index is 436. The molecule has 1 aromatic carbocycles. The SMILES string of the molecule is O=C(CNC(=O)C1CCCC1)c1ccc(F)cc1. The molecule has 1 amide bonds. The number of hydrogen-bond acceptors (Lipinski definition) is 2. The van der Waals surface area contributed by atoms with Crippen LogP contribution in [0, 0.1) is 11.7 Å². The van der Waals surface area contributed by atoms with Gasteiger partial charge >= 0.3 is 0 Å². The van der Waals surface area contributed by atoms with Gasteiger partial charge in [0.2, 0.25) is 5.91 Å². The number of carbonyl (C=O) groups excluding carboxylic acids is 2. The number of carbonyl (C=O) groups is 2. The number of benzene rings is 1. The van der Waals surface area contributed by atoms with Crippen molar-refractivity contribution >= 4 is 11.7 Å². The summed E-state index contributed by atoms with van der Waals surface area (Å²) in [6.45, 7) is -0.0129. The molecule has 1 saturated carbocycles. The standard InChI is InChI=1S/C14H16FNO2/c15-12-7-5-10(6-8-12)13(17)9-16-14(18)11-3-1-2-4-11/h5-8,11H,1-4,9H2,(H,16,18). The predicted octanol–water partition coefficient (Wildman–Crippen LogP) is 2.31. The van der Waals surface area contributed by atoms with Gasteiger partial charge in [-0.3, -0.25) is 9.59 Å². The van der Waals surface area contributed by atoms with E-state index < -0.39 is 0 Å². The minimum Gasteiger partial charge on any atom is -0.348 e. The van der Waals surface area contributed by atoms with Gasteiger partial charge in [0.15, 0.2) is 5.78 Å². The van der Waals surface area contributed by atoms with Gasteiger partial charge in [-0.05, 0) is 37.1 Å². The minimum absolute atomic E-state index is 0.0129. The Morgan fingerprint density at radius 3 is 2.39 bits per heavy atom. The highest BCUT2D eigenvalue weighted by atomic mass is 19.1. The fourth-order valence-corrected chi connectivity index (χ4v) is 2.24.